The molecule has 2 aliphatic rings. The van der Waals surface area contributed by atoms with E-state index in [1.165, 1.54) is 0 Å². The van der Waals surface area contributed by atoms with Gasteiger partial charge in [0.15, 0.2) is 5.54 Å². The summed E-state index contributed by atoms with van der Waals surface area (Å²) in [5.74, 6) is -0.126. The molecule has 0 radical (unpaired) electrons. The summed E-state index contributed by atoms with van der Waals surface area (Å²) in [6.45, 7) is 0.329. The van der Waals surface area contributed by atoms with Crippen LogP contribution in [0.4, 0.5) is 4.79 Å². The largest absolute Gasteiger partial charge is 0.497 e. The first-order valence-electron chi connectivity index (χ1n) is 9.43. The first-order chi connectivity index (χ1) is 14.4. The van der Waals surface area contributed by atoms with Gasteiger partial charge in [0.2, 0.25) is 0 Å². The fourth-order valence-corrected chi connectivity index (χ4v) is 4.32. The van der Waals surface area contributed by atoms with Gasteiger partial charge in [0.05, 0.1) is 30.4 Å². The van der Waals surface area contributed by atoms with Crippen LogP contribution < -0.4 is 15.4 Å². The third-order valence-electron chi connectivity index (χ3n) is 5.82. The van der Waals surface area contributed by atoms with Gasteiger partial charge in [-0.2, -0.15) is 0 Å². The van der Waals surface area contributed by atoms with E-state index in [4.69, 9.17) is 4.74 Å². The highest BCUT2D eigenvalue weighted by Crippen LogP contribution is 2.34. The number of nitrogens with one attached hydrogen (secondary N) is 2. The van der Waals surface area contributed by atoms with Crippen LogP contribution >= 0.6 is 0 Å². The average molecular weight is 405 g/mol. The van der Waals surface area contributed by atoms with Crippen molar-refractivity contribution >= 4 is 28.9 Å². The van der Waals surface area contributed by atoms with E-state index in [-0.39, 0.29) is 12.5 Å². The molecule has 30 heavy (non-hydrogen) atoms. The number of pyridine rings is 1. The van der Waals surface area contributed by atoms with Crippen molar-refractivity contribution in [3.63, 3.8) is 0 Å². The van der Waals surface area contributed by atoms with Crippen LogP contribution in [0.15, 0.2) is 42.6 Å². The number of benzene rings is 1. The van der Waals surface area contributed by atoms with Crippen molar-refractivity contribution in [2.24, 2.45) is 7.05 Å². The second-order valence-electron chi connectivity index (χ2n) is 7.49. The highest BCUT2D eigenvalue weighted by Gasteiger charge is 2.52. The molecule has 4 amide bonds. The third-order valence-corrected chi connectivity index (χ3v) is 5.82. The molecule has 1 saturated heterocycles. The summed E-state index contributed by atoms with van der Waals surface area (Å²) >= 11 is 0. The number of ether oxygens (including phenoxy) is 1. The highest BCUT2D eigenvalue weighted by atomic mass is 16.5. The van der Waals surface area contributed by atoms with Crippen LogP contribution in [0.5, 0.6) is 5.75 Å². The molecule has 3 aromatic rings. The number of imide groups is 1. The molecule has 1 atom stereocenters. The molecule has 4 heterocycles. The van der Waals surface area contributed by atoms with E-state index in [9.17, 15) is 14.4 Å². The quantitative estimate of drug-likeness (QED) is 0.636. The number of fused-ring (bicyclic) bond motifs is 2. The maximum atomic E-state index is 13.1. The first-order valence-corrected chi connectivity index (χ1v) is 9.43. The van der Waals surface area contributed by atoms with Crippen LogP contribution in [0.3, 0.4) is 0 Å². The molecule has 152 valence electrons. The minimum Gasteiger partial charge on any atom is -0.497 e. The minimum atomic E-state index is -1.42. The standard InChI is InChI=1S/C21H19N5O4/c1-25-16-4-3-7-22-15(16)9-17(25)21(19(28)23-20(29)24-21)11-26-10-12-5-6-13(30-2)8-14(12)18(26)27/h3-9H,10-11H2,1-2H3,(H2,23,24,28,29)/t21-/m0/s1. The van der Waals surface area contributed by atoms with Crippen LogP contribution in [0, 0.1) is 0 Å². The van der Waals surface area contributed by atoms with Gasteiger partial charge in [-0.05, 0) is 35.9 Å². The highest BCUT2D eigenvalue weighted by molar-refractivity contribution is 6.08. The van der Waals surface area contributed by atoms with Crippen molar-refractivity contribution in [1.82, 2.24) is 25.1 Å². The molecule has 0 unspecified atom stereocenters. The number of carbonyl (C=O) groups excluding carboxylic acids is 3. The minimum absolute atomic E-state index is 0.00936. The number of amides is 4. The normalized spacial score (nSPS) is 20.5. The Bertz CT molecular complexity index is 1230. The SMILES string of the molecule is COc1ccc2c(c1)C(=O)N(C[C@@]1(c3cc4ncccc4n3C)NC(=O)NC1=O)C2. The number of methoxy groups -OCH3 is 1. The smallest absolute Gasteiger partial charge is 0.322 e. The van der Waals surface area contributed by atoms with Crippen molar-refractivity contribution in [2.75, 3.05) is 13.7 Å². The zero-order chi connectivity index (χ0) is 21.0. The Kier molecular flexibility index (Phi) is 3.82. The Hall–Kier alpha value is -3.88. The molecule has 1 aromatic carbocycles. The molecule has 1 fully saturated rings. The zero-order valence-corrected chi connectivity index (χ0v) is 16.4. The second kappa shape index (κ2) is 6.31. The maximum Gasteiger partial charge on any atom is 0.322 e. The molecule has 9 heteroatoms. The summed E-state index contributed by atoms with van der Waals surface area (Å²) in [5, 5.41) is 5.09. The van der Waals surface area contributed by atoms with Gasteiger partial charge < -0.3 is 19.5 Å². The van der Waals surface area contributed by atoms with Crippen molar-refractivity contribution in [2.45, 2.75) is 12.1 Å². The van der Waals surface area contributed by atoms with E-state index in [2.05, 4.69) is 15.6 Å². The monoisotopic (exact) mass is 405 g/mol. The number of nitrogens with zero attached hydrogens (tertiary/aromatic N) is 3. The number of hydrogen-bond acceptors (Lipinski definition) is 5. The van der Waals surface area contributed by atoms with Crippen LogP contribution in [-0.2, 0) is 23.9 Å². The molecular formula is C21H19N5O4. The number of rotatable bonds is 4. The van der Waals surface area contributed by atoms with Gasteiger partial charge in [0.25, 0.3) is 11.8 Å². The predicted molar refractivity (Wildman–Crippen MR) is 107 cm³/mol. The van der Waals surface area contributed by atoms with E-state index >= 15 is 0 Å². The number of aromatic nitrogens is 2. The van der Waals surface area contributed by atoms with Gasteiger partial charge >= 0.3 is 6.03 Å². The Morgan fingerprint density at radius 3 is 2.73 bits per heavy atom. The topological polar surface area (TPSA) is 106 Å². The molecule has 2 aromatic heterocycles. The second-order valence-corrected chi connectivity index (χ2v) is 7.49. The molecule has 0 bridgehead atoms. The molecule has 0 spiro atoms. The summed E-state index contributed by atoms with van der Waals surface area (Å²) in [6, 6.07) is 10.2. The summed E-state index contributed by atoms with van der Waals surface area (Å²) in [7, 11) is 3.35. The van der Waals surface area contributed by atoms with Gasteiger partial charge in [-0.25, -0.2) is 4.79 Å². The molecule has 9 nitrogen and oxygen atoms in total. The summed E-state index contributed by atoms with van der Waals surface area (Å²) in [4.78, 5) is 44.2. The number of urea groups is 1. The van der Waals surface area contributed by atoms with Crippen molar-refractivity contribution < 1.29 is 19.1 Å². The first kappa shape index (κ1) is 18.2. The fourth-order valence-electron chi connectivity index (χ4n) is 4.32. The number of hydrogen-bond donors (Lipinski definition) is 2. The van der Waals surface area contributed by atoms with Crippen molar-refractivity contribution in [3.8, 4) is 5.75 Å². The van der Waals surface area contributed by atoms with Gasteiger partial charge in [-0.3, -0.25) is 19.9 Å². The lowest BCUT2D eigenvalue weighted by Crippen LogP contribution is -2.53. The molecule has 0 aliphatic carbocycles. The van der Waals surface area contributed by atoms with Gasteiger partial charge in [0.1, 0.15) is 5.75 Å². The predicted octanol–water partition coefficient (Wildman–Crippen LogP) is 1.27. The fraction of sp³-hybridized carbons (Fsp3) is 0.238. The molecular weight excluding hydrogens is 386 g/mol. The van der Waals surface area contributed by atoms with Crippen molar-refractivity contribution in [1.29, 1.82) is 0 Å². The van der Waals surface area contributed by atoms with Crippen LogP contribution in [-0.4, -0.2) is 46.0 Å². The van der Waals surface area contributed by atoms with Gasteiger partial charge in [-0.1, -0.05) is 6.07 Å². The van der Waals surface area contributed by atoms with Crippen molar-refractivity contribution in [3.05, 3.63) is 59.4 Å². The molecule has 5 rings (SSSR count). The molecule has 2 aliphatic heterocycles. The zero-order valence-electron chi connectivity index (χ0n) is 16.4. The lowest BCUT2D eigenvalue weighted by Gasteiger charge is -2.31. The average Bonchev–Trinajstić information content (AvgIpc) is 3.34. The number of carbonyl (C=O) groups is 3. The third kappa shape index (κ3) is 2.48. The Labute approximate surface area is 171 Å². The lowest BCUT2D eigenvalue weighted by molar-refractivity contribution is -0.125. The van der Waals surface area contributed by atoms with E-state index in [0.717, 1.165) is 11.1 Å². The summed E-state index contributed by atoms with van der Waals surface area (Å²) in [5.41, 5.74) is 2.04. The lowest BCUT2D eigenvalue weighted by atomic mass is 9.94. The van der Waals surface area contributed by atoms with Crippen LogP contribution in [0.1, 0.15) is 21.6 Å². The van der Waals surface area contributed by atoms with Gasteiger partial charge in [0, 0.05) is 25.4 Å². The molecule has 2 N–H and O–H groups in total. The van der Waals surface area contributed by atoms with E-state index in [1.54, 1.807) is 42.5 Å². The summed E-state index contributed by atoms with van der Waals surface area (Å²) < 4.78 is 7.05. The Morgan fingerprint density at radius 2 is 2.03 bits per heavy atom. The van der Waals surface area contributed by atoms with E-state index < -0.39 is 17.5 Å². The Balaban J connectivity index is 1.58. The molecule has 0 saturated carbocycles. The van der Waals surface area contributed by atoms with E-state index in [1.807, 2.05) is 23.7 Å². The summed E-state index contributed by atoms with van der Waals surface area (Å²) in [6.07, 6.45) is 1.67. The Morgan fingerprint density at radius 1 is 1.20 bits per heavy atom. The van der Waals surface area contributed by atoms with E-state index in [0.29, 0.717) is 29.1 Å². The maximum absolute atomic E-state index is 13.1. The number of aryl methyl sites for hydroxylation is 1. The van der Waals surface area contributed by atoms with Crippen LogP contribution in [0.25, 0.3) is 11.0 Å². The van der Waals surface area contributed by atoms with Gasteiger partial charge in [-0.15, -0.1) is 0 Å². The van der Waals surface area contributed by atoms with Crippen LogP contribution in [0.2, 0.25) is 0 Å².